The van der Waals surface area contributed by atoms with E-state index in [0.29, 0.717) is 6.54 Å². The summed E-state index contributed by atoms with van der Waals surface area (Å²) in [6.07, 6.45) is 5.82. The first-order chi connectivity index (χ1) is 8.08. The molecule has 4 heteroatoms. The Morgan fingerprint density at radius 2 is 2.18 bits per heavy atom. The Morgan fingerprint density at radius 1 is 1.47 bits per heavy atom. The van der Waals surface area contributed by atoms with Gasteiger partial charge in [0.1, 0.15) is 5.82 Å². The van der Waals surface area contributed by atoms with Gasteiger partial charge in [-0.2, -0.15) is 0 Å². The van der Waals surface area contributed by atoms with Crippen LogP contribution >= 0.6 is 0 Å². The molecule has 0 fully saturated rings. The highest BCUT2D eigenvalue weighted by Gasteiger charge is 2.17. The average Bonchev–Trinajstić information content (AvgIpc) is 2.55. The standard InChI is InChI=1S/C13H18N2O2/c1-9(7-13(16)17)8-15-10(2)14-11-5-3-4-6-12(11)15/h7H,3-6,8H2,1-2H3,(H,16,17). The second-order valence-corrected chi connectivity index (χ2v) is 4.67. The summed E-state index contributed by atoms with van der Waals surface area (Å²) in [7, 11) is 0. The Bertz CT molecular complexity index is 472. The normalized spacial score (nSPS) is 15.8. The van der Waals surface area contributed by atoms with Crippen LogP contribution in [0.15, 0.2) is 11.6 Å². The van der Waals surface area contributed by atoms with E-state index in [2.05, 4.69) is 9.55 Å². The van der Waals surface area contributed by atoms with Gasteiger partial charge in [-0.05, 0) is 45.1 Å². The van der Waals surface area contributed by atoms with Gasteiger partial charge >= 0.3 is 5.97 Å². The molecule has 1 aliphatic rings. The number of imidazole rings is 1. The summed E-state index contributed by atoms with van der Waals surface area (Å²) in [5, 5.41) is 8.72. The molecule has 0 spiro atoms. The molecule has 1 aromatic rings. The molecule has 17 heavy (non-hydrogen) atoms. The van der Waals surface area contributed by atoms with Crippen molar-refractivity contribution in [1.29, 1.82) is 0 Å². The highest BCUT2D eigenvalue weighted by atomic mass is 16.4. The monoisotopic (exact) mass is 234 g/mol. The van der Waals surface area contributed by atoms with Crippen molar-refractivity contribution in [2.24, 2.45) is 0 Å². The van der Waals surface area contributed by atoms with Gasteiger partial charge in [0.15, 0.2) is 0 Å². The van der Waals surface area contributed by atoms with Crippen LogP contribution in [0.3, 0.4) is 0 Å². The molecule has 1 heterocycles. The lowest BCUT2D eigenvalue weighted by Gasteiger charge is -2.14. The minimum Gasteiger partial charge on any atom is -0.478 e. The fourth-order valence-corrected chi connectivity index (χ4v) is 2.45. The minimum atomic E-state index is -0.880. The number of hydrogen-bond acceptors (Lipinski definition) is 2. The van der Waals surface area contributed by atoms with Crippen LogP contribution in [0, 0.1) is 6.92 Å². The van der Waals surface area contributed by atoms with Crippen LogP contribution in [0.4, 0.5) is 0 Å². The molecule has 0 saturated carbocycles. The molecule has 92 valence electrons. The van der Waals surface area contributed by atoms with Gasteiger partial charge in [-0.25, -0.2) is 9.78 Å². The molecule has 0 aliphatic heterocycles. The van der Waals surface area contributed by atoms with Crippen molar-refractivity contribution in [3.8, 4) is 0 Å². The maximum absolute atomic E-state index is 10.6. The number of carbonyl (C=O) groups is 1. The Balaban J connectivity index is 2.26. The number of carboxylic acid groups (broad SMARTS) is 1. The largest absolute Gasteiger partial charge is 0.478 e. The van der Waals surface area contributed by atoms with Crippen molar-refractivity contribution in [1.82, 2.24) is 9.55 Å². The fourth-order valence-electron chi connectivity index (χ4n) is 2.45. The molecule has 0 bridgehead atoms. The van der Waals surface area contributed by atoms with Gasteiger partial charge in [0.25, 0.3) is 0 Å². The Labute approximate surface area is 101 Å². The highest BCUT2D eigenvalue weighted by Crippen LogP contribution is 2.22. The molecule has 1 N–H and O–H groups in total. The summed E-state index contributed by atoms with van der Waals surface area (Å²) < 4.78 is 2.16. The first-order valence-electron chi connectivity index (χ1n) is 6.03. The maximum Gasteiger partial charge on any atom is 0.328 e. The number of fused-ring (bicyclic) bond motifs is 1. The molecule has 0 aromatic carbocycles. The van der Waals surface area contributed by atoms with Gasteiger partial charge in [-0.15, -0.1) is 0 Å². The second kappa shape index (κ2) is 4.73. The molecule has 1 aliphatic carbocycles. The van der Waals surface area contributed by atoms with Gasteiger partial charge in [-0.3, -0.25) is 0 Å². The number of hydrogen-bond donors (Lipinski definition) is 1. The Morgan fingerprint density at radius 3 is 2.88 bits per heavy atom. The van der Waals surface area contributed by atoms with Crippen LogP contribution in [0.2, 0.25) is 0 Å². The number of aromatic nitrogens is 2. The summed E-state index contributed by atoms with van der Waals surface area (Å²) >= 11 is 0. The second-order valence-electron chi connectivity index (χ2n) is 4.67. The zero-order chi connectivity index (χ0) is 12.4. The van der Waals surface area contributed by atoms with E-state index in [1.165, 1.54) is 30.3 Å². The molecule has 0 atom stereocenters. The summed E-state index contributed by atoms with van der Waals surface area (Å²) in [6.45, 7) is 4.48. The Kier molecular flexibility index (Phi) is 3.31. The van der Waals surface area contributed by atoms with Crippen molar-refractivity contribution < 1.29 is 9.90 Å². The summed E-state index contributed by atoms with van der Waals surface area (Å²) in [6, 6.07) is 0. The van der Waals surface area contributed by atoms with Gasteiger partial charge in [-0.1, -0.05) is 0 Å². The van der Waals surface area contributed by atoms with Crippen LogP contribution in [0.25, 0.3) is 0 Å². The van der Waals surface area contributed by atoms with E-state index in [-0.39, 0.29) is 0 Å². The van der Waals surface area contributed by atoms with Gasteiger partial charge in [0, 0.05) is 18.3 Å². The van der Waals surface area contributed by atoms with E-state index in [1.54, 1.807) is 0 Å². The molecule has 0 amide bonds. The van der Waals surface area contributed by atoms with Crippen molar-refractivity contribution >= 4 is 5.97 Å². The third-order valence-electron chi connectivity index (χ3n) is 3.20. The summed E-state index contributed by atoms with van der Waals surface area (Å²) in [5.74, 6) is 0.115. The van der Waals surface area contributed by atoms with E-state index in [4.69, 9.17) is 5.11 Å². The van der Waals surface area contributed by atoms with E-state index in [1.807, 2.05) is 13.8 Å². The smallest absolute Gasteiger partial charge is 0.328 e. The Hall–Kier alpha value is -1.58. The number of carboxylic acids is 1. The first-order valence-corrected chi connectivity index (χ1v) is 6.03. The average molecular weight is 234 g/mol. The maximum atomic E-state index is 10.6. The van der Waals surface area contributed by atoms with Crippen molar-refractivity contribution in [2.75, 3.05) is 0 Å². The fraction of sp³-hybridized carbons (Fsp3) is 0.538. The van der Waals surface area contributed by atoms with E-state index in [0.717, 1.165) is 24.2 Å². The number of aryl methyl sites for hydroxylation is 2. The zero-order valence-electron chi connectivity index (χ0n) is 10.4. The minimum absolute atomic E-state index is 0.639. The van der Waals surface area contributed by atoms with E-state index < -0.39 is 5.97 Å². The molecular weight excluding hydrogens is 216 g/mol. The molecular formula is C13H18N2O2. The van der Waals surface area contributed by atoms with Crippen LogP contribution < -0.4 is 0 Å². The van der Waals surface area contributed by atoms with Gasteiger partial charge < -0.3 is 9.67 Å². The number of aliphatic carboxylic acids is 1. The SMILES string of the molecule is CC(=CC(=O)O)Cn1c(C)nc2c1CCCC2. The lowest BCUT2D eigenvalue weighted by molar-refractivity contribution is -0.131. The van der Waals surface area contributed by atoms with Crippen LogP contribution in [-0.2, 0) is 24.2 Å². The number of nitrogens with zero attached hydrogens (tertiary/aromatic N) is 2. The number of rotatable bonds is 3. The number of allylic oxidation sites excluding steroid dienone is 1. The lowest BCUT2D eigenvalue weighted by atomic mass is 10.0. The molecule has 1 aromatic heterocycles. The predicted molar refractivity (Wildman–Crippen MR) is 65.0 cm³/mol. The van der Waals surface area contributed by atoms with Crippen molar-refractivity contribution in [2.45, 2.75) is 46.1 Å². The topological polar surface area (TPSA) is 55.1 Å². The quantitative estimate of drug-likeness (QED) is 0.815. The zero-order valence-corrected chi connectivity index (χ0v) is 10.4. The summed E-state index contributed by atoms with van der Waals surface area (Å²) in [5.41, 5.74) is 3.36. The van der Waals surface area contributed by atoms with Crippen LogP contribution in [0.5, 0.6) is 0 Å². The molecule has 2 rings (SSSR count). The van der Waals surface area contributed by atoms with E-state index >= 15 is 0 Å². The van der Waals surface area contributed by atoms with Crippen LogP contribution in [0.1, 0.15) is 37.0 Å². The molecule has 4 nitrogen and oxygen atoms in total. The first kappa shape index (κ1) is 11.9. The van der Waals surface area contributed by atoms with Crippen LogP contribution in [-0.4, -0.2) is 20.6 Å². The van der Waals surface area contributed by atoms with Crippen molar-refractivity contribution in [3.05, 3.63) is 28.9 Å². The lowest BCUT2D eigenvalue weighted by Crippen LogP contribution is -2.10. The van der Waals surface area contributed by atoms with Gasteiger partial charge in [0.05, 0.1) is 5.69 Å². The molecule has 0 radical (unpaired) electrons. The van der Waals surface area contributed by atoms with Crippen molar-refractivity contribution in [3.63, 3.8) is 0 Å². The van der Waals surface area contributed by atoms with Gasteiger partial charge in [0.2, 0.25) is 0 Å². The summed E-state index contributed by atoms with van der Waals surface area (Å²) in [4.78, 5) is 15.2. The molecule has 0 saturated heterocycles. The molecule has 0 unspecified atom stereocenters. The van der Waals surface area contributed by atoms with E-state index in [9.17, 15) is 4.79 Å². The highest BCUT2D eigenvalue weighted by molar-refractivity contribution is 5.80. The predicted octanol–water partition coefficient (Wildman–Crippen LogP) is 2.10. The third kappa shape index (κ3) is 2.57. The third-order valence-corrected chi connectivity index (χ3v) is 3.20.